The molecule has 0 amide bonds. The SMILES string of the molecule is N[C@H](CSSC[C@@H](N)C(=O)OCc1ccccc1)C(=O)OCc1ccccc1. The average molecular weight is 421 g/mol. The van der Waals surface area contributed by atoms with Crippen LogP contribution in [0.2, 0.25) is 0 Å². The lowest BCUT2D eigenvalue weighted by Crippen LogP contribution is -2.35. The van der Waals surface area contributed by atoms with Crippen LogP contribution in [0, 0.1) is 0 Å². The van der Waals surface area contributed by atoms with Gasteiger partial charge in [-0.15, -0.1) is 0 Å². The summed E-state index contributed by atoms with van der Waals surface area (Å²) in [5, 5.41) is 0. The summed E-state index contributed by atoms with van der Waals surface area (Å²) in [6.07, 6.45) is 0. The molecule has 0 aromatic heterocycles. The van der Waals surface area contributed by atoms with Gasteiger partial charge in [0.15, 0.2) is 0 Å². The lowest BCUT2D eigenvalue weighted by Gasteiger charge is -2.13. The first-order valence-electron chi connectivity index (χ1n) is 8.73. The van der Waals surface area contributed by atoms with E-state index in [2.05, 4.69) is 0 Å². The molecule has 0 aliphatic heterocycles. The fourth-order valence-corrected chi connectivity index (χ4v) is 4.27. The summed E-state index contributed by atoms with van der Waals surface area (Å²) in [5.74, 6) is -0.180. The van der Waals surface area contributed by atoms with E-state index in [-0.39, 0.29) is 13.2 Å². The van der Waals surface area contributed by atoms with E-state index in [1.807, 2.05) is 60.7 Å². The number of esters is 2. The molecule has 2 aromatic rings. The summed E-state index contributed by atoms with van der Waals surface area (Å²) in [4.78, 5) is 23.8. The largest absolute Gasteiger partial charge is 0.460 e. The maximum absolute atomic E-state index is 11.9. The van der Waals surface area contributed by atoms with Gasteiger partial charge in [0.1, 0.15) is 25.3 Å². The van der Waals surface area contributed by atoms with E-state index >= 15 is 0 Å². The van der Waals surface area contributed by atoms with Gasteiger partial charge in [0.05, 0.1) is 0 Å². The number of ether oxygens (including phenoxy) is 2. The number of benzene rings is 2. The maximum atomic E-state index is 11.9. The molecule has 2 rings (SSSR count). The second-order valence-corrected chi connectivity index (χ2v) is 8.52. The molecular weight excluding hydrogens is 396 g/mol. The van der Waals surface area contributed by atoms with Crippen LogP contribution < -0.4 is 11.5 Å². The molecule has 0 spiro atoms. The Balaban J connectivity index is 1.57. The van der Waals surface area contributed by atoms with E-state index < -0.39 is 24.0 Å². The van der Waals surface area contributed by atoms with Crippen molar-refractivity contribution in [3.63, 3.8) is 0 Å². The molecule has 2 atom stereocenters. The Kier molecular flexibility index (Phi) is 9.92. The van der Waals surface area contributed by atoms with Crippen molar-refractivity contribution in [3.8, 4) is 0 Å². The van der Waals surface area contributed by atoms with Crippen molar-refractivity contribution in [2.75, 3.05) is 11.5 Å². The summed E-state index contributed by atoms with van der Waals surface area (Å²) in [5.41, 5.74) is 13.5. The number of hydrogen-bond donors (Lipinski definition) is 2. The van der Waals surface area contributed by atoms with E-state index in [4.69, 9.17) is 20.9 Å². The molecule has 0 aliphatic rings. The van der Waals surface area contributed by atoms with Crippen LogP contribution in [0.3, 0.4) is 0 Å². The monoisotopic (exact) mass is 420 g/mol. The molecule has 28 heavy (non-hydrogen) atoms. The van der Waals surface area contributed by atoms with E-state index in [1.54, 1.807) is 0 Å². The summed E-state index contributed by atoms with van der Waals surface area (Å²) < 4.78 is 10.4. The predicted octanol–water partition coefficient (Wildman–Crippen LogP) is 2.51. The van der Waals surface area contributed by atoms with Crippen molar-refractivity contribution >= 4 is 33.5 Å². The first kappa shape index (κ1) is 22.3. The quantitative estimate of drug-likeness (QED) is 0.325. The van der Waals surface area contributed by atoms with Gasteiger partial charge in [0, 0.05) is 11.5 Å². The summed E-state index contributed by atoms with van der Waals surface area (Å²) in [7, 11) is 2.75. The average Bonchev–Trinajstić information content (AvgIpc) is 2.74. The Morgan fingerprint density at radius 1 is 0.714 bits per heavy atom. The summed E-state index contributed by atoms with van der Waals surface area (Å²) >= 11 is 0. The minimum atomic E-state index is -0.734. The van der Waals surface area contributed by atoms with E-state index in [1.165, 1.54) is 21.6 Å². The Morgan fingerprint density at radius 3 is 1.43 bits per heavy atom. The van der Waals surface area contributed by atoms with Crippen LogP contribution in [0.5, 0.6) is 0 Å². The van der Waals surface area contributed by atoms with Gasteiger partial charge in [0.25, 0.3) is 0 Å². The van der Waals surface area contributed by atoms with Crippen LogP contribution in [0.15, 0.2) is 60.7 Å². The molecule has 8 heteroatoms. The van der Waals surface area contributed by atoms with Crippen molar-refractivity contribution < 1.29 is 19.1 Å². The fraction of sp³-hybridized carbons (Fsp3) is 0.300. The predicted molar refractivity (Wildman–Crippen MR) is 113 cm³/mol. The first-order chi connectivity index (χ1) is 13.6. The molecule has 0 bridgehead atoms. The Bertz CT molecular complexity index is 668. The highest BCUT2D eigenvalue weighted by Crippen LogP contribution is 2.22. The molecule has 150 valence electrons. The van der Waals surface area contributed by atoms with Crippen LogP contribution in [0.4, 0.5) is 0 Å². The zero-order valence-electron chi connectivity index (χ0n) is 15.4. The molecular formula is C20H24N2O4S2. The number of carbonyl (C=O) groups excluding carboxylic acids is 2. The molecule has 0 aliphatic carbocycles. The number of rotatable bonds is 11. The van der Waals surface area contributed by atoms with Crippen molar-refractivity contribution in [1.29, 1.82) is 0 Å². The smallest absolute Gasteiger partial charge is 0.324 e. The van der Waals surface area contributed by atoms with Gasteiger partial charge in [-0.25, -0.2) is 0 Å². The standard InChI is InChI=1S/C20H24N2O4S2/c21-17(19(23)25-11-15-7-3-1-4-8-15)13-27-28-14-18(22)20(24)26-12-16-9-5-2-6-10-16/h1-10,17-18H,11-14,21-22H2/t17-,18-/m1/s1. The molecule has 0 saturated carbocycles. The number of nitrogens with two attached hydrogens (primary N) is 2. The third-order valence-electron chi connectivity index (χ3n) is 3.63. The van der Waals surface area contributed by atoms with Crippen molar-refractivity contribution in [2.45, 2.75) is 25.3 Å². The Morgan fingerprint density at radius 2 is 1.07 bits per heavy atom. The van der Waals surface area contributed by atoms with Gasteiger partial charge in [0.2, 0.25) is 0 Å². The zero-order valence-corrected chi connectivity index (χ0v) is 17.0. The minimum Gasteiger partial charge on any atom is -0.460 e. The zero-order chi connectivity index (χ0) is 20.2. The van der Waals surface area contributed by atoms with Gasteiger partial charge < -0.3 is 20.9 Å². The highest BCUT2D eigenvalue weighted by molar-refractivity contribution is 8.76. The second kappa shape index (κ2) is 12.5. The van der Waals surface area contributed by atoms with E-state index in [0.29, 0.717) is 11.5 Å². The molecule has 0 unspecified atom stereocenters. The van der Waals surface area contributed by atoms with Crippen molar-refractivity contribution in [2.24, 2.45) is 11.5 Å². The molecule has 0 radical (unpaired) electrons. The van der Waals surface area contributed by atoms with Crippen LogP contribution >= 0.6 is 21.6 Å². The van der Waals surface area contributed by atoms with Crippen LogP contribution in [0.1, 0.15) is 11.1 Å². The van der Waals surface area contributed by atoms with Crippen LogP contribution in [-0.4, -0.2) is 35.5 Å². The van der Waals surface area contributed by atoms with Gasteiger partial charge in [-0.2, -0.15) is 0 Å². The van der Waals surface area contributed by atoms with Crippen molar-refractivity contribution in [3.05, 3.63) is 71.8 Å². The number of carbonyl (C=O) groups is 2. The van der Waals surface area contributed by atoms with E-state index in [0.717, 1.165) is 11.1 Å². The lowest BCUT2D eigenvalue weighted by atomic mass is 10.2. The molecule has 0 fully saturated rings. The third-order valence-corrected chi connectivity index (χ3v) is 6.11. The summed E-state index contributed by atoms with van der Waals surface area (Å²) in [6.45, 7) is 0.395. The molecule has 2 aromatic carbocycles. The molecule has 0 heterocycles. The van der Waals surface area contributed by atoms with Crippen LogP contribution in [-0.2, 0) is 32.3 Å². The van der Waals surface area contributed by atoms with Gasteiger partial charge in [-0.3, -0.25) is 9.59 Å². The maximum Gasteiger partial charge on any atom is 0.324 e. The Hall–Kier alpha value is -2.00. The first-order valence-corrected chi connectivity index (χ1v) is 11.2. The topological polar surface area (TPSA) is 105 Å². The Labute approximate surface area is 172 Å². The van der Waals surface area contributed by atoms with Gasteiger partial charge in [-0.05, 0) is 11.1 Å². The fourth-order valence-electron chi connectivity index (χ4n) is 2.05. The molecule has 0 saturated heterocycles. The molecule has 4 N–H and O–H groups in total. The van der Waals surface area contributed by atoms with E-state index in [9.17, 15) is 9.59 Å². The van der Waals surface area contributed by atoms with Crippen molar-refractivity contribution in [1.82, 2.24) is 0 Å². The minimum absolute atomic E-state index is 0.198. The third kappa shape index (κ3) is 8.35. The van der Waals surface area contributed by atoms with Gasteiger partial charge in [-0.1, -0.05) is 82.3 Å². The van der Waals surface area contributed by atoms with Crippen LogP contribution in [0.25, 0.3) is 0 Å². The second-order valence-electron chi connectivity index (χ2n) is 5.97. The summed E-state index contributed by atoms with van der Waals surface area (Å²) in [6, 6.07) is 17.3. The highest BCUT2D eigenvalue weighted by atomic mass is 33.1. The molecule has 6 nitrogen and oxygen atoms in total. The van der Waals surface area contributed by atoms with Gasteiger partial charge >= 0.3 is 11.9 Å². The lowest BCUT2D eigenvalue weighted by molar-refractivity contribution is -0.146. The number of hydrogen-bond acceptors (Lipinski definition) is 8. The normalized spacial score (nSPS) is 12.8. The highest BCUT2D eigenvalue weighted by Gasteiger charge is 2.18.